The standard InChI is InChI=1S/C15H21NO2/c1-4-18-14(17)13-9-16-10-15(13,3)12-8-6-5-7-11(12)2/h5-8,13,16H,4,9-10H2,1-3H3. The van der Waals surface area contributed by atoms with E-state index in [4.69, 9.17) is 4.74 Å². The van der Waals surface area contributed by atoms with Gasteiger partial charge in [-0.05, 0) is 25.0 Å². The van der Waals surface area contributed by atoms with Crippen LogP contribution in [0.4, 0.5) is 0 Å². The monoisotopic (exact) mass is 247 g/mol. The Balaban J connectivity index is 2.34. The van der Waals surface area contributed by atoms with Crippen LogP contribution in [-0.2, 0) is 14.9 Å². The molecule has 1 saturated heterocycles. The van der Waals surface area contributed by atoms with Crippen molar-refractivity contribution in [2.75, 3.05) is 19.7 Å². The average molecular weight is 247 g/mol. The van der Waals surface area contributed by atoms with Crippen molar-refractivity contribution in [3.05, 3.63) is 35.4 Å². The first-order chi connectivity index (χ1) is 8.59. The van der Waals surface area contributed by atoms with Crippen LogP contribution in [0.1, 0.15) is 25.0 Å². The van der Waals surface area contributed by atoms with Crippen LogP contribution in [0.25, 0.3) is 0 Å². The van der Waals surface area contributed by atoms with E-state index in [0.717, 1.165) is 6.54 Å². The first kappa shape index (κ1) is 13.1. The van der Waals surface area contributed by atoms with Gasteiger partial charge in [0, 0.05) is 18.5 Å². The summed E-state index contributed by atoms with van der Waals surface area (Å²) >= 11 is 0. The summed E-state index contributed by atoms with van der Waals surface area (Å²) in [7, 11) is 0. The molecule has 18 heavy (non-hydrogen) atoms. The predicted octanol–water partition coefficient (Wildman–Crippen LogP) is 2.04. The molecule has 1 aromatic rings. The Morgan fingerprint density at radius 3 is 2.89 bits per heavy atom. The third-order valence-corrected chi connectivity index (χ3v) is 3.94. The number of rotatable bonds is 3. The van der Waals surface area contributed by atoms with Crippen LogP contribution in [0.3, 0.4) is 0 Å². The molecule has 0 aromatic heterocycles. The molecule has 2 atom stereocenters. The van der Waals surface area contributed by atoms with Crippen molar-refractivity contribution < 1.29 is 9.53 Å². The Hall–Kier alpha value is -1.35. The van der Waals surface area contributed by atoms with Gasteiger partial charge in [0.05, 0.1) is 12.5 Å². The van der Waals surface area contributed by atoms with Gasteiger partial charge in [-0.25, -0.2) is 0 Å². The normalized spacial score (nSPS) is 27.2. The lowest BCUT2D eigenvalue weighted by Crippen LogP contribution is -2.38. The van der Waals surface area contributed by atoms with Crippen molar-refractivity contribution in [3.8, 4) is 0 Å². The number of esters is 1. The van der Waals surface area contributed by atoms with E-state index in [1.165, 1.54) is 11.1 Å². The maximum atomic E-state index is 12.1. The maximum absolute atomic E-state index is 12.1. The molecule has 1 fully saturated rings. The molecule has 1 N–H and O–H groups in total. The summed E-state index contributed by atoms with van der Waals surface area (Å²) in [6.07, 6.45) is 0. The van der Waals surface area contributed by atoms with E-state index in [-0.39, 0.29) is 17.3 Å². The van der Waals surface area contributed by atoms with Crippen LogP contribution in [0.15, 0.2) is 24.3 Å². The summed E-state index contributed by atoms with van der Waals surface area (Å²) in [6, 6.07) is 8.29. The minimum Gasteiger partial charge on any atom is -0.466 e. The Morgan fingerprint density at radius 2 is 2.22 bits per heavy atom. The molecule has 0 aliphatic carbocycles. The summed E-state index contributed by atoms with van der Waals surface area (Å²) in [6.45, 7) is 8.06. The third-order valence-electron chi connectivity index (χ3n) is 3.94. The second-order valence-electron chi connectivity index (χ2n) is 5.17. The Morgan fingerprint density at radius 1 is 1.50 bits per heavy atom. The summed E-state index contributed by atoms with van der Waals surface area (Å²) in [5.41, 5.74) is 2.31. The molecule has 0 spiro atoms. The van der Waals surface area contributed by atoms with Gasteiger partial charge in [0.2, 0.25) is 0 Å². The fourth-order valence-electron chi connectivity index (χ4n) is 2.91. The second-order valence-corrected chi connectivity index (χ2v) is 5.17. The zero-order chi connectivity index (χ0) is 13.2. The largest absolute Gasteiger partial charge is 0.466 e. The molecule has 0 radical (unpaired) electrons. The maximum Gasteiger partial charge on any atom is 0.311 e. The van der Waals surface area contributed by atoms with Gasteiger partial charge in [-0.15, -0.1) is 0 Å². The molecule has 98 valence electrons. The van der Waals surface area contributed by atoms with Crippen LogP contribution in [-0.4, -0.2) is 25.7 Å². The molecular formula is C15H21NO2. The van der Waals surface area contributed by atoms with Gasteiger partial charge in [-0.3, -0.25) is 4.79 Å². The number of aryl methyl sites for hydroxylation is 1. The van der Waals surface area contributed by atoms with E-state index in [1.807, 2.05) is 19.1 Å². The Labute approximate surface area is 109 Å². The number of hydrogen-bond acceptors (Lipinski definition) is 3. The molecule has 3 nitrogen and oxygen atoms in total. The minimum absolute atomic E-state index is 0.0896. The van der Waals surface area contributed by atoms with Gasteiger partial charge in [-0.1, -0.05) is 31.2 Å². The van der Waals surface area contributed by atoms with Crippen molar-refractivity contribution in [1.29, 1.82) is 0 Å². The van der Waals surface area contributed by atoms with E-state index >= 15 is 0 Å². The number of ether oxygens (including phenoxy) is 1. The molecule has 2 rings (SSSR count). The van der Waals surface area contributed by atoms with Crippen LogP contribution >= 0.6 is 0 Å². The molecule has 1 aromatic carbocycles. The summed E-state index contributed by atoms with van der Waals surface area (Å²) < 4.78 is 5.20. The topological polar surface area (TPSA) is 38.3 Å². The lowest BCUT2D eigenvalue weighted by atomic mass is 9.72. The molecule has 0 amide bonds. The SMILES string of the molecule is CCOC(=O)C1CNCC1(C)c1ccccc1C. The number of carbonyl (C=O) groups is 1. The molecule has 3 heteroatoms. The molecular weight excluding hydrogens is 226 g/mol. The highest BCUT2D eigenvalue weighted by Gasteiger charge is 2.45. The van der Waals surface area contributed by atoms with Gasteiger partial charge >= 0.3 is 5.97 Å². The van der Waals surface area contributed by atoms with Gasteiger partial charge in [0.25, 0.3) is 0 Å². The quantitative estimate of drug-likeness (QED) is 0.831. The molecule has 1 aliphatic rings. The zero-order valence-electron chi connectivity index (χ0n) is 11.3. The third kappa shape index (κ3) is 2.15. The highest BCUT2D eigenvalue weighted by Crippen LogP contribution is 2.37. The molecule has 2 unspecified atom stereocenters. The average Bonchev–Trinajstić information content (AvgIpc) is 2.73. The number of hydrogen-bond donors (Lipinski definition) is 1. The van der Waals surface area contributed by atoms with Crippen molar-refractivity contribution in [2.45, 2.75) is 26.2 Å². The highest BCUT2D eigenvalue weighted by molar-refractivity contribution is 5.76. The summed E-state index contributed by atoms with van der Waals surface area (Å²) in [4.78, 5) is 12.1. The van der Waals surface area contributed by atoms with Crippen LogP contribution < -0.4 is 5.32 Å². The highest BCUT2D eigenvalue weighted by atomic mass is 16.5. The van der Waals surface area contributed by atoms with Gasteiger partial charge in [0.1, 0.15) is 0 Å². The van der Waals surface area contributed by atoms with Crippen molar-refractivity contribution in [3.63, 3.8) is 0 Å². The van der Waals surface area contributed by atoms with Gasteiger partial charge in [0.15, 0.2) is 0 Å². The Kier molecular flexibility index (Phi) is 3.71. The van der Waals surface area contributed by atoms with E-state index in [0.29, 0.717) is 13.2 Å². The molecule has 1 aliphatic heterocycles. The fourth-order valence-corrected chi connectivity index (χ4v) is 2.91. The van der Waals surface area contributed by atoms with Crippen LogP contribution in [0, 0.1) is 12.8 Å². The lowest BCUT2D eigenvalue weighted by Gasteiger charge is -2.31. The lowest BCUT2D eigenvalue weighted by molar-refractivity contribution is -0.149. The second kappa shape index (κ2) is 5.11. The minimum atomic E-state index is -0.169. The fraction of sp³-hybridized carbons (Fsp3) is 0.533. The molecule has 0 bridgehead atoms. The van der Waals surface area contributed by atoms with Gasteiger partial charge in [-0.2, -0.15) is 0 Å². The molecule has 0 saturated carbocycles. The first-order valence-electron chi connectivity index (χ1n) is 6.53. The summed E-state index contributed by atoms with van der Waals surface area (Å²) in [5.74, 6) is -0.188. The number of carbonyl (C=O) groups excluding carboxylic acids is 1. The van der Waals surface area contributed by atoms with Crippen molar-refractivity contribution >= 4 is 5.97 Å². The van der Waals surface area contributed by atoms with Crippen molar-refractivity contribution in [1.82, 2.24) is 5.32 Å². The van der Waals surface area contributed by atoms with Crippen molar-refractivity contribution in [2.24, 2.45) is 5.92 Å². The number of benzene rings is 1. The van der Waals surface area contributed by atoms with Crippen LogP contribution in [0.5, 0.6) is 0 Å². The smallest absolute Gasteiger partial charge is 0.311 e. The van der Waals surface area contributed by atoms with E-state index in [2.05, 4.69) is 31.3 Å². The first-order valence-corrected chi connectivity index (χ1v) is 6.53. The molecule has 1 heterocycles. The van der Waals surface area contributed by atoms with Crippen LogP contribution in [0.2, 0.25) is 0 Å². The van der Waals surface area contributed by atoms with E-state index in [1.54, 1.807) is 0 Å². The Bertz CT molecular complexity index is 444. The van der Waals surface area contributed by atoms with Gasteiger partial charge < -0.3 is 10.1 Å². The number of nitrogens with one attached hydrogen (secondary N) is 1. The zero-order valence-corrected chi connectivity index (χ0v) is 11.3. The predicted molar refractivity (Wildman–Crippen MR) is 71.5 cm³/mol. The van der Waals surface area contributed by atoms with E-state index < -0.39 is 0 Å². The summed E-state index contributed by atoms with van der Waals surface area (Å²) in [5, 5.41) is 3.33. The van der Waals surface area contributed by atoms with E-state index in [9.17, 15) is 4.79 Å².